The molecule has 0 rings (SSSR count). The van der Waals surface area contributed by atoms with Crippen LogP contribution in [0, 0.1) is 0 Å². The Morgan fingerprint density at radius 3 is 2.56 bits per heavy atom. The lowest BCUT2D eigenvalue weighted by Crippen LogP contribution is -2.30. The van der Waals surface area contributed by atoms with Gasteiger partial charge >= 0.3 is 5.97 Å². The molecule has 0 aliphatic rings. The van der Waals surface area contributed by atoms with Gasteiger partial charge in [-0.3, -0.25) is 4.79 Å². The van der Waals surface area contributed by atoms with Gasteiger partial charge in [0.05, 0.1) is 0 Å². The molecule has 0 spiro atoms. The first-order valence-electron chi connectivity index (χ1n) is 2.87. The van der Waals surface area contributed by atoms with Crippen LogP contribution < -0.4 is 11.5 Å². The van der Waals surface area contributed by atoms with Crippen molar-refractivity contribution in [3.63, 3.8) is 0 Å². The van der Waals surface area contributed by atoms with Gasteiger partial charge in [-0.15, -0.1) is 0 Å². The van der Waals surface area contributed by atoms with E-state index in [1.54, 1.807) is 0 Å². The monoisotopic (exact) mass is 137 g/mol. The first-order chi connectivity index (χ1) is 4.18. The second-order valence-corrected chi connectivity index (χ2v) is 1.88. The lowest BCUT2D eigenvalue weighted by Gasteiger charge is -2.02. The Morgan fingerprint density at radius 2 is 2.22 bits per heavy atom. The fraction of sp³-hybridized carbons (Fsp3) is 0.800. The van der Waals surface area contributed by atoms with Gasteiger partial charge in [0, 0.05) is 0 Å². The van der Waals surface area contributed by atoms with E-state index >= 15 is 0 Å². The molecule has 0 amide bonds. The van der Waals surface area contributed by atoms with E-state index in [2.05, 4.69) is 0 Å². The highest BCUT2D eigenvalue weighted by atomic mass is 16.5. The standard InChI is InChI=1S/C5H12N2O2/c6-3-1-2-4(7)5(8)9/h4H,1-3,6-7H2,(H,8,9)/t4-/m1/s1/i1+1,2+1,3+1,4+1,5+1. The predicted molar refractivity (Wildman–Crippen MR) is 33.9 cm³/mol. The van der Waals surface area contributed by atoms with Crippen LogP contribution in [-0.4, -0.2) is 23.7 Å². The number of carboxylic acids is 1. The molecule has 0 saturated carbocycles. The van der Waals surface area contributed by atoms with Crippen LogP contribution in [0.5, 0.6) is 0 Å². The number of carboxylic acid groups (broad SMARTS) is 1. The van der Waals surface area contributed by atoms with Crippen LogP contribution in [0.25, 0.3) is 0 Å². The van der Waals surface area contributed by atoms with E-state index in [1.807, 2.05) is 0 Å². The van der Waals surface area contributed by atoms with E-state index < -0.39 is 12.0 Å². The fourth-order valence-electron chi connectivity index (χ4n) is 0.461. The Balaban J connectivity index is 3.27. The molecule has 0 fully saturated rings. The average molecular weight is 137 g/mol. The summed E-state index contributed by atoms with van der Waals surface area (Å²) in [4.78, 5) is 10.0. The summed E-state index contributed by atoms with van der Waals surface area (Å²) in [7, 11) is 0. The second-order valence-electron chi connectivity index (χ2n) is 1.88. The summed E-state index contributed by atoms with van der Waals surface area (Å²) in [5, 5.41) is 8.24. The lowest BCUT2D eigenvalue weighted by molar-refractivity contribution is -0.138. The molecule has 0 aromatic heterocycles. The van der Waals surface area contributed by atoms with Gasteiger partial charge in [0.15, 0.2) is 0 Å². The molecule has 0 aliphatic carbocycles. The van der Waals surface area contributed by atoms with Crippen LogP contribution in [0.3, 0.4) is 0 Å². The molecule has 5 N–H and O–H groups in total. The Hall–Kier alpha value is -0.610. The van der Waals surface area contributed by atoms with E-state index in [-0.39, 0.29) is 0 Å². The highest BCUT2D eigenvalue weighted by Gasteiger charge is 2.08. The zero-order valence-electron chi connectivity index (χ0n) is 5.21. The van der Waals surface area contributed by atoms with Crippen LogP contribution in [0.1, 0.15) is 12.8 Å². The molecule has 1 atom stereocenters. The van der Waals surface area contributed by atoms with Crippen molar-refractivity contribution in [2.24, 2.45) is 11.5 Å². The van der Waals surface area contributed by atoms with Crippen molar-refractivity contribution in [3.05, 3.63) is 0 Å². The summed E-state index contributed by atoms with van der Waals surface area (Å²) in [6.45, 7) is 0.501. The van der Waals surface area contributed by atoms with Gasteiger partial charge < -0.3 is 16.6 Å². The minimum absolute atomic E-state index is 0.464. The van der Waals surface area contributed by atoms with E-state index in [9.17, 15) is 4.79 Å². The van der Waals surface area contributed by atoms with Crippen LogP contribution in [-0.2, 0) is 4.79 Å². The third kappa shape index (κ3) is 3.93. The van der Waals surface area contributed by atoms with Crippen molar-refractivity contribution in [1.82, 2.24) is 0 Å². The predicted octanol–water partition coefficient (Wildman–Crippen LogP) is -0.863. The number of aliphatic carboxylic acids is 1. The van der Waals surface area contributed by atoms with Gasteiger partial charge in [-0.25, -0.2) is 0 Å². The number of rotatable bonds is 4. The molecule has 4 heteroatoms. The molecule has 0 heterocycles. The third-order valence-electron chi connectivity index (χ3n) is 1.04. The highest BCUT2D eigenvalue weighted by molar-refractivity contribution is 5.72. The van der Waals surface area contributed by atoms with Gasteiger partial charge in [0.2, 0.25) is 0 Å². The van der Waals surface area contributed by atoms with Gasteiger partial charge in [-0.2, -0.15) is 0 Å². The van der Waals surface area contributed by atoms with Crippen molar-refractivity contribution in [2.75, 3.05) is 6.54 Å². The van der Waals surface area contributed by atoms with E-state index in [0.717, 1.165) is 0 Å². The minimum Gasteiger partial charge on any atom is -0.480 e. The summed E-state index contributed by atoms with van der Waals surface area (Å²) in [5.74, 6) is -0.955. The number of nitrogens with two attached hydrogens (primary N) is 2. The Morgan fingerprint density at radius 1 is 1.67 bits per heavy atom. The fourth-order valence-corrected chi connectivity index (χ4v) is 0.461. The molecule has 0 aliphatic heterocycles. The smallest absolute Gasteiger partial charge is 0.320 e. The summed E-state index contributed by atoms with van der Waals surface area (Å²) in [6.07, 6.45) is 1.14. The minimum atomic E-state index is -0.955. The molecular weight excluding hydrogens is 125 g/mol. The van der Waals surface area contributed by atoms with Gasteiger partial charge in [0.1, 0.15) is 6.04 Å². The Labute approximate surface area is 53.8 Å². The maximum absolute atomic E-state index is 10.0. The summed E-state index contributed by atoms with van der Waals surface area (Å²) in [6, 6.07) is -0.742. The first kappa shape index (κ1) is 8.39. The molecular formula is C5H12N2O2. The molecule has 0 aromatic carbocycles. The van der Waals surface area contributed by atoms with Crippen molar-refractivity contribution in [3.8, 4) is 0 Å². The second kappa shape index (κ2) is 4.29. The normalized spacial score (nSPS) is 13.1. The highest BCUT2D eigenvalue weighted by Crippen LogP contribution is 1.91. The van der Waals surface area contributed by atoms with E-state index in [0.29, 0.717) is 19.4 Å². The Bertz CT molecular complexity index is 95.0. The zero-order valence-corrected chi connectivity index (χ0v) is 5.21. The SMILES string of the molecule is N[13CH2][13CH2][13CH2][13C@@H](N)[13C](=O)O. The molecule has 0 saturated heterocycles. The number of carbonyl (C=O) groups is 1. The maximum Gasteiger partial charge on any atom is 0.320 e. The van der Waals surface area contributed by atoms with Crippen LogP contribution >= 0.6 is 0 Å². The number of hydrogen-bond acceptors (Lipinski definition) is 3. The van der Waals surface area contributed by atoms with Crippen molar-refractivity contribution in [2.45, 2.75) is 18.9 Å². The summed E-state index contributed by atoms with van der Waals surface area (Å²) < 4.78 is 0. The topological polar surface area (TPSA) is 89.3 Å². The zero-order chi connectivity index (χ0) is 7.28. The maximum atomic E-state index is 10.0. The van der Waals surface area contributed by atoms with Crippen LogP contribution in [0.4, 0.5) is 0 Å². The van der Waals surface area contributed by atoms with Crippen LogP contribution in [0.2, 0.25) is 0 Å². The van der Waals surface area contributed by atoms with E-state index in [4.69, 9.17) is 16.6 Å². The summed E-state index contributed by atoms with van der Waals surface area (Å²) in [5.41, 5.74) is 10.3. The average Bonchev–Trinajstić information content (AvgIpc) is 1.82. The molecule has 9 heavy (non-hydrogen) atoms. The molecule has 0 bridgehead atoms. The molecule has 4 nitrogen and oxygen atoms in total. The van der Waals surface area contributed by atoms with Crippen molar-refractivity contribution < 1.29 is 9.90 Å². The van der Waals surface area contributed by atoms with Gasteiger partial charge in [-0.05, 0) is 19.4 Å². The third-order valence-corrected chi connectivity index (χ3v) is 1.04. The lowest BCUT2D eigenvalue weighted by atomic mass is 11.1. The Kier molecular flexibility index (Phi) is 4.00. The van der Waals surface area contributed by atoms with Crippen molar-refractivity contribution >= 4 is 5.97 Å². The van der Waals surface area contributed by atoms with Gasteiger partial charge in [0.25, 0.3) is 0 Å². The summed E-state index contributed by atoms with van der Waals surface area (Å²) >= 11 is 0. The largest absolute Gasteiger partial charge is 0.480 e. The quantitative estimate of drug-likeness (QED) is 0.440. The molecule has 0 aromatic rings. The van der Waals surface area contributed by atoms with Crippen LogP contribution in [0.15, 0.2) is 0 Å². The van der Waals surface area contributed by atoms with E-state index in [1.165, 1.54) is 0 Å². The number of hydrogen-bond donors (Lipinski definition) is 3. The van der Waals surface area contributed by atoms with Gasteiger partial charge in [-0.1, -0.05) is 0 Å². The first-order valence-corrected chi connectivity index (χ1v) is 2.87. The van der Waals surface area contributed by atoms with Crippen molar-refractivity contribution in [1.29, 1.82) is 0 Å². The molecule has 54 valence electrons. The molecule has 0 radical (unpaired) electrons. The molecule has 0 unspecified atom stereocenters.